The molecule has 0 aliphatic rings. The summed E-state index contributed by atoms with van der Waals surface area (Å²) in [6.45, 7) is -0.206. The summed E-state index contributed by atoms with van der Waals surface area (Å²) in [5.74, 6) is -0.128. The molecule has 22 heavy (non-hydrogen) atoms. The lowest BCUT2D eigenvalue weighted by Gasteiger charge is -2.04. The molecule has 0 aliphatic carbocycles. The summed E-state index contributed by atoms with van der Waals surface area (Å²) in [6.07, 6.45) is 2.84. The summed E-state index contributed by atoms with van der Waals surface area (Å²) in [6, 6.07) is 10.3. The number of furan rings is 1. The second-order valence-electron chi connectivity index (χ2n) is 4.20. The fourth-order valence-corrected chi connectivity index (χ4v) is 1.64. The molecule has 2 rings (SSSR count). The summed E-state index contributed by atoms with van der Waals surface area (Å²) >= 11 is 0. The van der Waals surface area contributed by atoms with Gasteiger partial charge in [-0.3, -0.25) is 9.59 Å². The van der Waals surface area contributed by atoms with E-state index in [1.807, 2.05) is 12.1 Å². The molecule has 7 heteroatoms. The molecule has 2 amide bonds. The monoisotopic (exact) mass is 301 g/mol. The van der Waals surface area contributed by atoms with Crippen molar-refractivity contribution in [1.82, 2.24) is 10.7 Å². The van der Waals surface area contributed by atoms with Gasteiger partial charge in [0.2, 0.25) is 0 Å². The molecule has 114 valence electrons. The molecule has 0 saturated carbocycles. The van der Waals surface area contributed by atoms with Crippen molar-refractivity contribution < 1.29 is 18.7 Å². The molecule has 0 atom stereocenters. The number of nitrogens with zero attached hydrogens (tertiary/aromatic N) is 1. The van der Waals surface area contributed by atoms with E-state index in [0.717, 1.165) is 5.56 Å². The van der Waals surface area contributed by atoms with Crippen LogP contribution in [0.4, 0.5) is 0 Å². The number of rotatable bonds is 6. The van der Waals surface area contributed by atoms with Crippen molar-refractivity contribution in [1.29, 1.82) is 0 Å². The summed E-state index contributed by atoms with van der Waals surface area (Å²) in [5, 5.41) is 6.22. The molecule has 1 heterocycles. The van der Waals surface area contributed by atoms with Crippen molar-refractivity contribution >= 4 is 18.0 Å². The number of hydrazone groups is 1. The first-order chi connectivity index (χ1) is 10.7. The highest BCUT2D eigenvalue weighted by molar-refractivity contribution is 5.94. The van der Waals surface area contributed by atoms with Gasteiger partial charge in [-0.15, -0.1) is 0 Å². The summed E-state index contributed by atoms with van der Waals surface area (Å²) in [7, 11) is 1.55. The van der Waals surface area contributed by atoms with Gasteiger partial charge in [-0.05, 0) is 24.3 Å². The van der Waals surface area contributed by atoms with E-state index < -0.39 is 11.8 Å². The highest BCUT2D eigenvalue weighted by atomic mass is 16.5. The maximum absolute atomic E-state index is 11.6. The van der Waals surface area contributed by atoms with Crippen molar-refractivity contribution in [2.24, 2.45) is 5.10 Å². The summed E-state index contributed by atoms with van der Waals surface area (Å²) in [5.41, 5.74) is 3.04. The third kappa shape index (κ3) is 4.20. The van der Waals surface area contributed by atoms with Crippen molar-refractivity contribution in [3.05, 3.63) is 54.0 Å². The van der Waals surface area contributed by atoms with Gasteiger partial charge in [-0.2, -0.15) is 5.10 Å². The van der Waals surface area contributed by atoms with E-state index in [2.05, 4.69) is 15.8 Å². The Labute approximate surface area is 127 Å². The highest BCUT2D eigenvalue weighted by Crippen LogP contribution is 2.14. The van der Waals surface area contributed by atoms with Gasteiger partial charge in [0.05, 0.1) is 26.1 Å². The molecule has 0 saturated heterocycles. The van der Waals surface area contributed by atoms with Crippen LogP contribution >= 0.6 is 0 Å². The number of nitrogens with one attached hydrogen (secondary N) is 2. The van der Waals surface area contributed by atoms with Crippen molar-refractivity contribution in [2.45, 2.75) is 0 Å². The van der Waals surface area contributed by atoms with Crippen LogP contribution in [0.1, 0.15) is 16.1 Å². The van der Waals surface area contributed by atoms with Crippen LogP contribution < -0.4 is 15.5 Å². The number of methoxy groups -OCH3 is 1. The molecule has 0 spiro atoms. The maximum Gasteiger partial charge on any atom is 0.287 e. The molecule has 0 bridgehead atoms. The Morgan fingerprint density at radius 2 is 2.09 bits per heavy atom. The zero-order chi connectivity index (χ0) is 15.8. The van der Waals surface area contributed by atoms with Gasteiger partial charge in [0, 0.05) is 5.56 Å². The molecule has 0 fully saturated rings. The van der Waals surface area contributed by atoms with Crippen LogP contribution in [0.25, 0.3) is 0 Å². The zero-order valence-corrected chi connectivity index (χ0v) is 11.9. The molecule has 1 aromatic heterocycles. The normalized spacial score (nSPS) is 10.4. The van der Waals surface area contributed by atoms with E-state index in [-0.39, 0.29) is 12.3 Å². The van der Waals surface area contributed by atoms with Gasteiger partial charge >= 0.3 is 0 Å². The lowest BCUT2D eigenvalue weighted by molar-refractivity contribution is -0.120. The average molecular weight is 301 g/mol. The molecule has 0 unspecified atom stereocenters. The molecular formula is C15H15N3O4. The van der Waals surface area contributed by atoms with Crippen LogP contribution in [0.3, 0.4) is 0 Å². The van der Waals surface area contributed by atoms with Gasteiger partial charge in [0.15, 0.2) is 5.76 Å². The van der Waals surface area contributed by atoms with Crippen LogP contribution in [0.5, 0.6) is 5.75 Å². The Hall–Kier alpha value is -3.09. The SMILES string of the molecule is COc1ccccc1/C=N/NC(=O)CNC(=O)c1ccco1. The van der Waals surface area contributed by atoms with Crippen LogP contribution in [0.2, 0.25) is 0 Å². The van der Waals surface area contributed by atoms with Gasteiger partial charge in [0.25, 0.3) is 11.8 Å². The number of amides is 2. The minimum atomic E-state index is -0.464. The van der Waals surface area contributed by atoms with Crippen LogP contribution in [0.15, 0.2) is 52.2 Å². The predicted molar refractivity (Wildman–Crippen MR) is 79.8 cm³/mol. The minimum Gasteiger partial charge on any atom is -0.496 e. The Morgan fingerprint density at radius 1 is 1.27 bits per heavy atom. The molecule has 0 radical (unpaired) electrons. The lowest BCUT2D eigenvalue weighted by Crippen LogP contribution is -2.34. The van der Waals surface area contributed by atoms with E-state index >= 15 is 0 Å². The molecule has 0 aliphatic heterocycles. The van der Waals surface area contributed by atoms with E-state index in [1.54, 1.807) is 25.3 Å². The van der Waals surface area contributed by atoms with Gasteiger partial charge in [-0.25, -0.2) is 5.43 Å². The third-order valence-electron chi connectivity index (χ3n) is 2.69. The van der Waals surface area contributed by atoms with E-state index in [9.17, 15) is 9.59 Å². The molecular weight excluding hydrogens is 286 g/mol. The minimum absolute atomic E-state index is 0.144. The second-order valence-corrected chi connectivity index (χ2v) is 4.20. The number of benzene rings is 1. The first-order valence-electron chi connectivity index (χ1n) is 6.47. The fourth-order valence-electron chi connectivity index (χ4n) is 1.64. The first kappa shape index (κ1) is 15.3. The topological polar surface area (TPSA) is 92.9 Å². The maximum atomic E-state index is 11.6. The van der Waals surface area contributed by atoms with Crippen molar-refractivity contribution in [3.63, 3.8) is 0 Å². The summed E-state index contributed by atoms with van der Waals surface area (Å²) in [4.78, 5) is 23.1. The standard InChI is InChI=1S/C15H15N3O4/c1-21-12-6-3-2-5-11(12)9-17-18-14(19)10-16-15(20)13-7-4-8-22-13/h2-9H,10H2,1H3,(H,16,20)(H,18,19)/b17-9+. The van der Waals surface area contributed by atoms with E-state index in [4.69, 9.17) is 9.15 Å². The van der Waals surface area contributed by atoms with Gasteiger partial charge < -0.3 is 14.5 Å². The average Bonchev–Trinajstić information content (AvgIpc) is 3.07. The van der Waals surface area contributed by atoms with Gasteiger partial charge in [-0.1, -0.05) is 12.1 Å². The van der Waals surface area contributed by atoms with E-state index in [0.29, 0.717) is 5.75 Å². The molecule has 2 N–H and O–H groups in total. The number of carbonyl (C=O) groups excluding carboxylic acids is 2. The smallest absolute Gasteiger partial charge is 0.287 e. The van der Waals surface area contributed by atoms with Crippen LogP contribution in [-0.2, 0) is 4.79 Å². The Bertz CT molecular complexity index is 665. The number of carbonyl (C=O) groups is 2. The number of hydrogen-bond acceptors (Lipinski definition) is 5. The first-order valence-corrected chi connectivity index (χ1v) is 6.47. The zero-order valence-electron chi connectivity index (χ0n) is 11.9. The Kier molecular flexibility index (Phi) is 5.31. The number of para-hydroxylation sites is 1. The Morgan fingerprint density at radius 3 is 2.82 bits per heavy atom. The highest BCUT2D eigenvalue weighted by Gasteiger charge is 2.09. The van der Waals surface area contributed by atoms with Gasteiger partial charge in [0.1, 0.15) is 5.75 Å². The molecule has 1 aromatic carbocycles. The van der Waals surface area contributed by atoms with Crippen molar-refractivity contribution in [2.75, 3.05) is 13.7 Å². The lowest BCUT2D eigenvalue weighted by atomic mass is 10.2. The Balaban J connectivity index is 1.80. The number of hydrogen-bond donors (Lipinski definition) is 2. The van der Waals surface area contributed by atoms with Crippen LogP contribution in [0, 0.1) is 0 Å². The molecule has 2 aromatic rings. The molecule has 7 nitrogen and oxygen atoms in total. The van der Waals surface area contributed by atoms with Crippen molar-refractivity contribution in [3.8, 4) is 5.75 Å². The quantitative estimate of drug-likeness (QED) is 0.618. The van der Waals surface area contributed by atoms with E-state index in [1.165, 1.54) is 18.5 Å². The van der Waals surface area contributed by atoms with Crippen LogP contribution in [-0.4, -0.2) is 31.7 Å². The fraction of sp³-hybridized carbons (Fsp3) is 0.133. The number of ether oxygens (including phenoxy) is 1. The second kappa shape index (κ2) is 7.63. The predicted octanol–water partition coefficient (Wildman–Crippen LogP) is 1.17. The summed E-state index contributed by atoms with van der Waals surface area (Å²) < 4.78 is 10.1. The largest absolute Gasteiger partial charge is 0.496 e. The third-order valence-corrected chi connectivity index (χ3v) is 2.69.